The van der Waals surface area contributed by atoms with E-state index in [0.717, 1.165) is 23.4 Å². The van der Waals surface area contributed by atoms with Crippen LogP contribution in [0.25, 0.3) is 11.3 Å². The van der Waals surface area contributed by atoms with Crippen molar-refractivity contribution in [1.29, 1.82) is 0 Å². The van der Waals surface area contributed by atoms with Crippen LogP contribution in [0, 0.1) is 18.7 Å². The lowest BCUT2D eigenvalue weighted by Gasteiger charge is -2.39. The van der Waals surface area contributed by atoms with Crippen molar-refractivity contribution in [3.63, 3.8) is 0 Å². The number of likely N-dealkylation sites (tertiary alicyclic amines) is 1. The summed E-state index contributed by atoms with van der Waals surface area (Å²) in [4.78, 5) is 27.1. The monoisotopic (exact) mass is 392 g/mol. The van der Waals surface area contributed by atoms with Crippen molar-refractivity contribution >= 4 is 17.5 Å². The third-order valence-electron chi connectivity index (χ3n) is 4.89. The number of urea groups is 1. The molecule has 1 aliphatic heterocycles. The maximum Gasteiger partial charge on any atom is 0.323 e. The lowest BCUT2D eigenvalue weighted by atomic mass is 9.94. The van der Waals surface area contributed by atoms with Crippen LogP contribution in [0.5, 0.6) is 0 Å². The quantitative estimate of drug-likeness (QED) is 0.710. The molecule has 4 rings (SSSR count). The van der Waals surface area contributed by atoms with Gasteiger partial charge >= 0.3 is 6.03 Å². The number of pyridine rings is 1. The molecule has 0 spiro atoms. The molecule has 3 N–H and O–H groups in total. The molecule has 2 aromatic heterocycles. The number of anilines is 2. The minimum Gasteiger partial charge on any atom is -0.396 e. The van der Waals surface area contributed by atoms with Gasteiger partial charge in [0, 0.05) is 31.0 Å². The van der Waals surface area contributed by atoms with Gasteiger partial charge in [0.15, 0.2) is 5.82 Å². The molecule has 7 nitrogen and oxygen atoms in total. The molecule has 0 saturated carbocycles. The van der Waals surface area contributed by atoms with Crippen LogP contribution >= 0.6 is 0 Å². The molecule has 1 aliphatic rings. The fraction of sp³-hybridized carbons (Fsp3) is 0.238. The molecular formula is C21H21FN6O. The number of halogens is 1. The highest BCUT2D eigenvalue weighted by Crippen LogP contribution is 2.25. The van der Waals surface area contributed by atoms with Gasteiger partial charge in [-0.1, -0.05) is 0 Å². The summed E-state index contributed by atoms with van der Waals surface area (Å²) in [7, 11) is 0. The Morgan fingerprint density at radius 1 is 1.17 bits per heavy atom. The van der Waals surface area contributed by atoms with Gasteiger partial charge in [-0.15, -0.1) is 0 Å². The smallest absolute Gasteiger partial charge is 0.323 e. The van der Waals surface area contributed by atoms with E-state index in [4.69, 9.17) is 5.73 Å². The summed E-state index contributed by atoms with van der Waals surface area (Å²) in [6.45, 7) is 3.15. The molecular weight excluding hydrogens is 371 g/mol. The fourth-order valence-electron chi connectivity index (χ4n) is 3.25. The van der Waals surface area contributed by atoms with Gasteiger partial charge < -0.3 is 10.6 Å². The summed E-state index contributed by atoms with van der Waals surface area (Å²) in [6.07, 6.45) is 4.50. The molecule has 0 radical (unpaired) electrons. The van der Waals surface area contributed by atoms with Crippen molar-refractivity contribution < 1.29 is 9.18 Å². The van der Waals surface area contributed by atoms with Crippen molar-refractivity contribution in [2.75, 3.05) is 24.1 Å². The molecule has 3 aromatic rings. The summed E-state index contributed by atoms with van der Waals surface area (Å²) in [5, 5.41) is 2.78. The van der Waals surface area contributed by atoms with Crippen LogP contribution in [0.1, 0.15) is 11.4 Å². The van der Waals surface area contributed by atoms with E-state index >= 15 is 0 Å². The SMILES string of the molecule is Cc1ncc(CC2CN(C(=O)Nc3nc(-c4ccc(F)cc4)ccc3N)C2)cn1. The molecule has 1 saturated heterocycles. The minimum absolute atomic E-state index is 0.239. The number of nitrogens with two attached hydrogens (primary N) is 1. The largest absolute Gasteiger partial charge is 0.396 e. The van der Waals surface area contributed by atoms with Gasteiger partial charge in [0.2, 0.25) is 0 Å². The highest BCUT2D eigenvalue weighted by atomic mass is 19.1. The van der Waals surface area contributed by atoms with Gasteiger partial charge in [-0.3, -0.25) is 5.32 Å². The first-order valence-corrected chi connectivity index (χ1v) is 9.34. The van der Waals surface area contributed by atoms with E-state index < -0.39 is 0 Å². The predicted octanol–water partition coefficient (Wildman–Crippen LogP) is 3.27. The number of nitrogen functional groups attached to an aromatic ring is 1. The van der Waals surface area contributed by atoms with E-state index in [1.165, 1.54) is 12.1 Å². The zero-order valence-corrected chi connectivity index (χ0v) is 16.0. The van der Waals surface area contributed by atoms with E-state index in [2.05, 4.69) is 20.3 Å². The van der Waals surface area contributed by atoms with E-state index in [-0.39, 0.29) is 11.8 Å². The molecule has 1 fully saturated rings. The maximum absolute atomic E-state index is 13.1. The number of aromatic nitrogens is 3. The van der Waals surface area contributed by atoms with Crippen LogP contribution in [0.15, 0.2) is 48.8 Å². The Morgan fingerprint density at radius 2 is 1.86 bits per heavy atom. The summed E-state index contributed by atoms with van der Waals surface area (Å²) in [6, 6.07) is 9.18. The number of nitrogens with zero attached hydrogens (tertiary/aromatic N) is 4. The highest BCUT2D eigenvalue weighted by Gasteiger charge is 2.31. The number of rotatable bonds is 4. The van der Waals surface area contributed by atoms with Crippen LogP contribution in [-0.2, 0) is 6.42 Å². The van der Waals surface area contributed by atoms with Crippen LogP contribution in [0.2, 0.25) is 0 Å². The van der Waals surface area contributed by atoms with Gasteiger partial charge in [-0.25, -0.2) is 24.1 Å². The Hall–Kier alpha value is -3.55. The number of amides is 2. The Kier molecular flexibility index (Phi) is 5.07. The molecule has 8 heteroatoms. The number of nitrogens with one attached hydrogen (secondary N) is 1. The van der Waals surface area contributed by atoms with E-state index in [0.29, 0.717) is 36.2 Å². The lowest BCUT2D eigenvalue weighted by molar-refractivity contribution is 0.131. The second-order valence-corrected chi connectivity index (χ2v) is 7.19. The molecule has 0 aliphatic carbocycles. The van der Waals surface area contributed by atoms with E-state index in [1.54, 1.807) is 29.2 Å². The number of carbonyl (C=O) groups excluding carboxylic acids is 1. The van der Waals surface area contributed by atoms with Gasteiger partial charge in [-0.2, -0.15) is 0 Å². The number of carbonyl (C=O) groups is 1. The summed E-state index contributed by atoms with van der Waals surface area (Å²) >= 11 is 0. The topological polar surface area (TPSA) is 97.0 Å². The third kappa shape index (κ3) is 4.31. The van der Waals surface area contributed by atoms with Gasteiger partial charge in [0.05, 0.1) is 11.4 Å². The summed E-state index contributed by atoms with van der Waals surface area (Å²) in [5.41, 5.74) is 8.76. The molecule has 29 heavy (non-hydrogen) atoms. The second kappa shape index (κ2) is 7.83. The standard InChI is InChI=1S/C21H21FN6O/c1-13-24-9-14(10-25-13)8-15-11-28(12-15)21(29)27-20-18(23)6-7-19(26-20)16-2-4-17(22)5-3-16/h2-7,9-10,15H,8,11-12,23H2,1H3,(H,26,27,29). The molecule has 0 unspecified atom stereocenters. The van der Waals surface area contributed by atoms with Crippen molar-refractivity contribution in [2.45, 2.75) is 13.3 Å². The van der Waals surface area contributed by atoms with Crippen LogP contribution < -0.4 is 11.1 Å². The first-order chi connectivity index (χ1) is 14.0. The number of benzene rings is 1. The second-order valence-electron chi connectivity index (χ2n) is 7.19. The Bertz CT molecular complexity index is 1020. The molecule has 2 amide bonds. The number of hydrogen-bond donors (Lipinski definition) is 2. The van der Waals surface area contributed by atoms with Gasteiger partial charge in [0.25, 0.3) is 0 Å². The minimum atomic E-state index is -0.317. The van der Waals surface area contributed by atoms with Crippen molar-refractivity contribution in [2.24, 2.45) is 5.92 Å². The van der Waals surface area contributed by atoms with Crippen molar-refractivity contribution in [3.8, 4) is 11.3 Å². The summed E-state index contributed by atoms with van der Waals surface area (Å²) < 4.78 is 13.1. The lowest BCUT2D eigenvalue weighted by Crippen LogP contribution is -2.52. The maximum atomic E-state index is 13.1. The van der Waals surface area contributed by atoms with E-state index in [9.17, 15) is 9.18 Å². The Labute approximate surface area is 167 Å². The van der Waals surface area contributed by atoms with E-state index in [1.807, 2.05) is 19.3 Å². The molecule has 3 heterocycles. The normalized spacial score (nSPS) is 13.8. The molecule has 0 bridgehead atoms. The summed E-state index contributed by atoms with van der Waals surface area (Å²) in [5.74, 6) is 1.11. The van der Waals surface area contributed by atoms with Crippen molar-refractivity contribution in [3.05, 3.63) is 66.0 Å². The molecule has 1 aromatic carbocycles. The average Bonchev–Trinajstić information content (AvgIpc) is 2.68. The predicted molar refractivity (Wildman–Crippen MR) is 109 cm³/mol. The van der Waals surface area contributed by atoms with Gasteiger partial charge in [0.1, 0.15) is 11.6 Å². The third-order valence-corrected chi connectivity index (χ3v) is 4.89. The van der Waals surface area contributed by atoms with Crippen LogP contribution in [-0.4, -0.2) is 39.0 Å². The van der Waals surface area contributed by atoms with Crippen molar-refractivity contribution in [1.82, 2.24) is 19.9 Å². The van der Waals surface area contributed by atoms with Crippen LogP contribution in [0.4, 0.5) is 20.7 Å². The van der Waals surface area contributed by atoms with Gasteiger partial charge in [-0.05, 0) is 61.2 Å². The Morgan fingerprint density at radius 3 is 2.55 bits per heavy atom. The zero-order valence-electron chi connectivity index (χ0n) is 16.0. The first kappa shape index (κ1) is 18.8. The number of aryl methyl sites for hydroxylation is 1. The first-order valence-electron chi connectivity index (χ1n) is 9.34. The fourth-order valence-corrected chi connectivity index (χ4v) is 3.25. The molecule has 148 valence electrons. The zero-order chi connectivity index (χ0) is 20.4. The Balaban J connectivity index is 1.37. The number of hydrogen-bond acceptors (Lipinski definition) is 5. The molecule has 0 atom stereocenters. The highest BCUT2D eigenvalue weighted by molar-refractivity contribution is 5.92. The average molecular weight is 392 g/mol. The van der Waals surface area contributed by atoms with Crippen LogP contribution in [0.3, 0.4) is 0 Å².